The highest BCUT2D eigenvalue weighted by Crippen LogP contribution is 2.39. The summed E-state index contributed by atoms with van der Waals surface area (Å²) in [7, 11) is 0. The first-order chi connectivity index (χ1) is 10.1. The van der Waals surface area contributed by atoms with Crippen molar-refractivity contribution in [2.24, 2.45) is 0 Å². The third kappa shape index (κ3) is 2.57. The Labute approximate surface area is 126 Å². The van der Waals surface area contributed by atoms with Gasteiger partial charge in [0.25, 0.3) is 0 Å². The van der Waals surface area contributed by atoms with Crippen LogP contribution in [-0.2, 0) is 0 Å². The second-order valence-corrected chi connectivity index (χ2v) is 5.31. The molecular weight excluding hydrogens is 295 g/mol. The van der Waals surface area contributed by atoms with E-state index in [0.29, 0.717) is 35.3 Å². The molecule has 0 radical (unpaired) electrons. The van der Waals surface area contributed by atoms with Crippen molar-refractivity contribution >= 4 is 11.6 Å². The van der Waals surface area contributed by atoms with Crippen molar-refractivity contribution in [1.29, 1.82) is 0 Å². The summed E-state index contributed by atoms with van der Waals surface area (Å²) in [5, 5.41) is 10.9. The average molecular weight is 309 g/mol. The maximum Gasteiger partial charge on any atom is 0.164 e. The molecular formula is C16H14ClFO3. The topological polar surface area (TPSA) is 38.7 Å². The Morgan fingerprint density at radius 3 is 2.71 bits per heavy atom. The lowest BCUT2D eigenvalue weighted by Crippen LogP contribution is -2.17. The maximum atomic E-state index is 13.9. The molecule has 1 aliphatic rings. The van der Waals surface area contributed by atoms with Crippen LogP contribution in [0.25, 0.3) is 0 Å². The quantitative estimate of drug-likeness (QED) is 0.920. The van der Waals surface area contributed by atoms with Gasteiger partial charge in [0.2, 0.25) is 0 Å². The second-order valence-electron chi connectivity index (χ2n) is 4.87. The Morgan fingerprint density at radius 1 is 1.14 bits per heavy atom. The monoisotopic (exact) mass is 308 g/mol. The molecule has 3 nitrogen and oxygen atoms in total. The first-order valence-electron chi connectivity index (χ1n) is 6.60. The fraction of sp³-hybridized carbons (Fsp3) is 0.250. The first-order valence-corrected chi connectivity index (χ1v) is 6.98. The van der Waals surface area contributed by atoms with Crippen LogP contribution in [0.5, 0.6) is 11.5 Å². The lowest BCUT2D eigenvalue weighted by Gasteiger charge is -2.23. The van der Waals surface area contributed by atoms with Crippen molar-refractivity contribution in [3.8, 4) is 11.5 Å². The first kappa shape index (κ1) is 14.2. The summed E-state index contributed by atoms with van der Waals surface area (Å²) in [6, 6.07) is 7.56. The van der Waals surface area contributed by atoms with Crippen LogP contribution in [0.1, 0.15) is 22.8 Å². The van der Waals surface area contributed by atoms with Gasteiger partial charge in [-0.15, -0.1) is 0 Å². The summed E-state index contributed by atoms with van der Waals surface area (Å²) in [5.74, 6) is 0.739. The van der Waals surface area contributed by atoms with E-state index in [1.54, 1.807) is 12.1 Å². The third-order valence-corrected chi connectivity index (χ3v) is 3.78. The van der Waals surface area contributed by atoms with Gasteiger partial charge in [0, 0.05) is 16.1 Å². The molecule has 21 heavy (non-hydrogen) atoms. The number of hydrogen-bond donors (Lipinski definition) is 1. The van der Waals surface area contributed by atoms with Crippen molar-refractivity contribution < 1.29 is 19.0 Å². The van der Waals surface area contributed by atoms with E-state index in [4.69, 9.17) is 21.1 Å². The highest BCUT2D eigenvalue weighted by Gasteiger charge is 2.23. The number of ether oxygens (including phenoxy) is 2. The molecule has 2 aromatic rings. The van der Waals surface area contributed by atoms with Crippen LogP contribution >= 0.6 is 11.6 Å². The predicted molar refractivity (Wildman–Crippen MR) is 77.6 cm³/mol. The van der Waals surface area contributed by atoms with Crippen LogP contribution in [0.15, 0.2) is 30.3 Å². The molecule has 0 aliphatic carbocycles. The molecule has 0 aromatic heterocycles. The van der Waals surface area contributed by atoms with Crippen LogP contribution in [-0.4, -0.2) is 18.3 Å². The zero-order valence-electron chi connectivity index (χ0n) is 11.4. The van der Waals surface area contributed by atoms with Gasteiger partial charge in [0.05, 0.1) is 0 Å². The normalized spacial score (nSPS) is 14.9. The largest absolute Gasteiger partial charge is 0.486 e. The minimum absolute atomic E-state index is 0.141. The highest BCUT2D eigenvalue weighted by atomic mass is 35.5. The van der Waals surface area contributed by atoms with Gasteiger partial charge in [-0.1, -0.05) is 17.7 Å². The second kappa shape index (κ2) is 5.54. The van der Waals surface area contributed by atoms with E-state index in [1.807, 2.05) is 6.92 Å². The Morgan fingerprint density at radius 2 is 1.90 bits per heavy atom. The van der Waals surface area contributed by atoms with E-state index in [-0.39, 0.29) is 5.56 Å². The molecule has 110 valence electrons. The molecule has 1 N–H and O–H groups in total. The van der Waals surface area contributed by atoms with E-state index in [2.05, 4.69) is 0 Å². The molecule has 0 fully saturated rings. The Hall–Kier alpha value is -1.78. The molecule has 0 bridgehead atoms. The molecule has 0 saturated heterocycles. The number of benzene rings is 2. The smallest absolute Gasteiger partial charge is 0.164 e. The van der Waals surface area contributed by atoms with E-state index in [1.165, 1.54) is 18.2 Å². The van der Waals surface area contributed by atoms with Crippen LogP contribution in [0.3, 0.4) is 0 Å². The van der Waals surface area contributed by atoms with E-state index < -0.39 is 11.9 Å². The van der Waals surface area contributed by atoms with E-state index in [9.17, 15) is 9.50 Å². The fourth-order valence-electron chi connectivity index (χ4n) is 2.46. The number of aliphatic hydroxyl groups is 1. The van der Waals surface area contributed by atoms with Gasteiger partial charge in [-0.25, -0.2) is 4.39 Å². The number of rotatable bonds is 2. The predicted octanol–water partition coefficient (Wildman–Crippen LogP) is 3.64. The van der Waals surface area contributed by atoms with Crippen molar-refractivity contribution in [3.05, 3.63) is 57.9 Å². The molecule has 0 saturated carbocycles. The van der Waals surface area contributed by atoms with Crippen molar-refractivity contribution in [2.45, 2.75) is 13.0 Å². The Bertz CT molecular complexity index is 687. The lowest BCUT2D eigenvalue weighted by molar-refractivity contribution is 0.168. The maximum absolute atomic E-state index is 13.9. The molecule has 0 spiro atoms. The molecule has 1 aliphatic heterocycles. The van der Waals surface area contributed by atoms with Gasteiger partial charge in [-0.3, -0.25) is 0 Å². The van der Waals surface area contributed by atoms with Crippen LogP contribution in [0, 0.1) is 12.7 Å². The number of halogens is 2. The average Bonchev–Trinajstić information content (AvgIpc) is 2.50. The lowest BCUT2D eigenvalue weighted by atomic mass is 9.96. The summed E-state index contributed by atoms with van der Waals surface area (Å²) in [6.45, 7) is 2.77. The van der Waals surface area contributed by atoms with Gasteiger partial charge >= 0.3 is 0 Å². The summed E-state index contributed by atoms with van der Waals surface area (Å²) in [6.07, 6.45) is -1.11. The van der Waals surface area contributed by atoms with Gasteiger partial charge in [-0.2, -0.15) is 0 Å². The fourth-order valence-corrected chi connectivity index (χ4v) is 2.64. The number of aliphatic hydroxyl groups excluding tert-OH is 1. The van der Waals surface area contributed by atoms with Gasteiger partial charge < -0.3 is 14.6 Å². The zero-order chi connectivity index (χ0) is 15.0. The molecule has 1 heterocycles. The van der Waals surface area contributed by atoms with E-state index >= 15 is 0 Å². The van der Waals surface area contributed by atoms with Gasteiger partial charge in [0.15, 0.2) is 11.5 Å². The third-order valence-electron chi connectivity index (χ3n) is 3.55. The summed E-state index contributed by atoms with van der Waals surface area (Å²) in [4.78, 5) is 0. The molecule has 1 unspecified atom stereocenters. The SMILES string of the molecule is Cc1c(C(O)c2cc(Cl)ccc2F)ccc2c1OCCO2. The molecule has 0 amide bonds. The van der Waals surface area contributed by atoms with Crippen molar-refractivity contribution in [1.82, 2.24) is 0 Å². The zero-order valence-corrected chi connectivity index (χ0v) is 12.2. The molecule has 5 heteroatoms. The van der Waals surface area contributed by atoms with Gasteiger partial charge in [0.1, 0.15) is 25.1 Å². The minimum Gasteiger partial charge on any atom is -0.486 e. The minimum atomic E-state index is -1.11. The molecule has 3 rings (SSSR count). The number of fused-ring (bicyclic) bond motifs is 1. The van der Waals surface area contributed by atoms with Crippen LogP contribution < -0.4 is 9.47 Å². The van der Waals surface area contributed by atoms with Gasteiger partial charge in [-0.05, 0) is 36.8 Å². The summed E-state index contributed by atoms with van der Waals surface area (Å²) in [5.41, 5.74) is 1.45. The summed E-state index contributed by atoms with van der Waals surface area (Å²) >= 11 is 5.88. The Balaban J connectivity index is 2.06. The molecule has 2 aromatic carbocycles. The van der Waals surface area contributed by atoms with Crippen LogP contribution in [0.2, 0.25) is 5.02 Å². The van der Waals surface area contributed by atoms with Crippen LogP contribution in [0.4, 0.5) is 4.39 Å². The molecule has 1 atom stereocenters. The van der Waals surface area contributed by atoms with Crippen molar-refractivity contribution in [3.63, 3.8) is 0 Å². The van der Waals surface area contributed by atoms with Crippen molar-refractivity contribution in [2.75, 3.05) is 13.2 Å². The highest BCUT2D eigenvalue weighted by molar-refractivity contribution is 6.30. The summed E-state index contributed by atoms with van der Waals surface area (Å²) < 4.78 is 25.0. The number of hydrogen-bond acceptors (Lipinski definition) is 3. The Kier molecular flexibility index (Phi) is 3.74. The standard InChI is InChI=1S/C16H14ClFO3/c1-9-11(3-5-14-16(9)21-7-6-20-14)15(19)12-8-10(17)2-4-13(12)18/h2-5,8,15,19H,6-7H2,1H3. The van der Waals surface area contributed by atoms with E-state index in [0.717, 1.165) is 5.56 Å².